The summed E-state index contributed by atoms with van der Waals surface area (Å²) in [5, 5.41) is 0. The zero-order valence-corrected chi connectivity index (χ0v) is 8.76. The first-order valence-electron chi connectivity index (χ1n) is 0. The molecule has 0 saturated carbocycles. The molecule has 0 saturated heterocycles. The van der Waals surface area contributed by atoms with Crippen LogP contribution in [-0.2, 0) is 53.8 Å². The van der Waals surface area contributed by atoms with Crippen molar-refractivity contribution >= 4 is 0 Å². The SMILES string of the molecule is C.C.[CH3-].[CH3-].[W+2].[Y]. The summed E-state index contributed by atoms with van der Waals surface area (Å²) >= 11 is 0. The van der Waals surface area contributed by atoms with Crippen molar-refractivity contribution in [1.29, 1.82) is 0 Å². The third kappa shape index (κ3) is 41.4. The first-order chi connectivity index (χ1) is 0. The monoisotopic (exact) mass is 335 g/mol. The van der Waals surface area contributed by atoms with E-state index in [4.69, 9.17) is 0 Å². The second kappa shape index (κ2) is 70.9. The third-order valence-corrected chi connectivity index (χ3v) is 0. The molecule has 2 heteroatoms. The van der Waals surface area contributed by atoms with Gasteiger partial charge < -0.3 is 14.9 Å². The summed E-state index contributed by atoms with van der Waals surface area (Å²) < 4.78 is 0. The van der Waals surface area contributed by atoms with E-state index >= 15 is 0 Å². The van der Waals surface area contributed by atoms with Gasteiger partial charge in [-0.3, -0.25) is 0 Å². The Kier molecular flexibility index (Phi) is 1320. The Bertz CT molecular complexity index is 7.51. The molecular weight excluding hydrogens is 321 g/mol. The van der Waals surface area contributed by atoms with Gasteiger partial charge in [-0.05, 0) is 0 Å². The molecule has 0 aliphatic carbocycles. The molecule has 0 aromatic carbocycles. The molecule has 0 spiro atoms. The van der Waals surface area contributed by atoms with E-state index in [1.807, 2.05) is 0 Å². The van der Waals surface area contributed by atoms with Crippen LogP contribution in [-0.4, -0.2) is 0 Å². The van der Waals surface area contributed by atoms with Crippen LogP contribution >= 0.6 is 0 Å². The predicted octanol–water partition coefficient (Wildman–Crippen LogP) is 2.17. The van der Waals surface area contributed by atoms with Gasteiger partial charge in [0.1, 0.15) is 0 Å². The molecule has 0 aliphatic rings. The minimum absolute atomic E-state index is 0. The standard InChI is InChI=1S/2CH4.2CH3.W.Y/h2*1H4;2*1H3;;/q;;2*-1;+2;. The maximum absolute atomic E-state index is 0. The normalized spacial score (nSPS) is 0. The van der Waals surface area contributed by atoms with Crippen LogP contribution in [0.15, 0.2) is 0 Å². The number of hydrogen-bond acceptors (Lipinski definition) is 0. The smallest absolute Gasteiger partial charge is 0.358 e. The Morgan fingerprint density at radius 1 is 0.667 bits per heavy atom. The molecule has 0 nitrogen and oxygen atoms in total. The summed E-state index contributed by atoms with van der Waals surface area (Å²) in [6, 6.07) is 0. The zero-order valence-electron chi connectivity index (χ0n) is 2.99. The Hall–Kier alpha value is 1.79. The molecule has 0 bridgehead atoms. The fourth-order valence-corrected chi connectivity index (χ4v) is 0. The van der Waals surface area contributed by atoms with E-state index in [0.29, 0.717) is 0 Å². The molecule has 0 N–H and O–H groups in total. The molecule has 0 unspecified atom stereocenters. The first kappa shape index (κ1) is 112. The summed E-state index contributed by atoms with van der Waals surface area (Å²) in [6.07, 6.45) is 0. The molecule has 0 heterocycles. The van der Waals surface area contributed by atoms with E-state index in [9.17, 15) is 0 Å². The number of hydrogen-bond donors (Lipinski definition) is 0. The molecule has 0 aliphatic heterocycles. The molecule has 0 amide bonds. The summed E-state index contributed by atoms with van der Waals surface area (Å²) in [6.45, 7) is 0. The maximum atomic E-state index is 0. The van der Waals surface area contributed by atoms with Gasteiger partial charge in [0.15, 0.2) is 0 Å². The van der Waals surface area contributed by atoms with Crippen molar-refractivity contribution in [1.82, 2.24) is 0 Å². The van der Waals surface area contributed by atoms with E-state index in [0.717, 1.165) is 0 Å². The fourth-order valence-electron chi connectivity index (χ4n) is 0. The van der Waals surface area contributed by atoms with Crippen LogP contribution in [0.1, 0.15) is 14.9 Å². The van der Waals surface area contributed by atoms with Gasteiger partial charge in [0.05, 0.1) is 0 Å². The Morgan fingerprint density at radius 3 is 0.667 bits per heavy atom. The van der Waals surface area contributed by atoms with E-state index in [1.165, 1.54) is 0 Å². The van der Waals surface area contributed by atoms with Gasteiger partial charge in [-0.1, -0.05) is 14.9 Å². The van der Waals surface area contributed by atoms with Crippen LogP contribution in [0.3, 0.4) is 0 Å². The van der Waals surface area contributed by atoms with Crippen molar-refractivity contribution in [3.05, 3.63) is 14.9 Å². The molecule has 0 aromatic heterocycles. The average Bonchev–Trinajstić information content (AvgIpc) is 0. The van der Waals surface area contributed by atoms with Gasteiger partial charge in [-0.15, -0.1) is 0 Å². The van der Waals surface area contributed by atoms with Crippen molar-refractivity contribution in [3.63, 3.8) is 0 Å². The van der Waals surface area contributed by atoms with Crippen LogP contribution in [0.25, 0.3) is 0 Å². The molecule has 0 aromatic rings. The van der Waals surface area contributed by atoms with E-state index in [1.54, 1.807) is 0 Å². The molecule has 0 rings (SSSR count). The molecule has 6 heavy (non-hydrogen) atoms. The molecule has 0 atom stereocenters. The van der Waals surface area contributed by atoms with Crippen molar-refractivity contribution in [2.75, 3.05) is 0 Å². The largest absolute Gasteiger partial charge is 2.00 e. The van der Waals surface area contributed by atoms with Crippen molar-refractivity contribution < 1.29 is 53.8 Å². The van der Waals surface area contributed by atoms with E-state index in [2.05, 4.69) is 0 Å². The van der Waals surface area contributed by atoms with Crippen LogP contribution in [0, 0.1) is 14.9 Å². The Balaban J connectivity index is 0. The minimum Gasteiger partial charge on any atom is -0.358 e. The van der Waals surface area contributed by atoms with E-state index < -0.39 is 0 Å². The minimum atomic E-state index is 0. The van der Waals surface area contributed by atoms with Crippen LogP contribution in [0.4, 0.5) is 0 Å². The predicted molar refractivity (Wildman–Crippen MR) is 26.3 cm³/mol. The van der Waals surface area contributed by atoms with Crippen molar-refractivity contribution in [2.24, 2.45) is 0 Å². The van der Waals surface area contributed by atoms with Crippen molar-refractivity contribution in [2.45, 2.75) is 14.9 Å². The summed E-state index contributed by atoms with van der Waals surface area (Å²) in [7, 11) is 0. The van der Waals surface area contributed by atoms with Crippen LogP contribution in [0.5, 0.6) is 0 Å². The van der Waals surface area contributed by atoms with Gasteiger partial charge in [-0.25, -0.2) is 0 Å². The quantitative estimate of drug-likeness (QED) is 0.596. The Labute approximate surface area is 82.6 Å². The van der Waals surface area contributed by atoms with Crippen LogP contribution in [0.2, 0.25) is 0 Å². The summed E-state index contributed by atoms with van der Waals surface area (Å²) in [5.41, 5.74) is 0. The first-order valence-corrected chi connectivity index (χ1v) is 0. The van der Waals surface area contributed by atoms with Gasteiger partial charge in [0, 0.05) is 32.7 Å². The van der Waals surface area contributed by atoms with Gasteiger partial charge in [0.25, 0.3) is 0 Å². The van der Waals surface area contributed by atoms with Gasteiger partial charge in [0.2, 0.25) is 0 Å². The molecule has 0 fully saturated rings. The van der Waals surface area contributed by atoms with Crippen molar-refractivity contribution in [3.8, 4) is 0 Å². The van der Waals surface area contributed by atoms with Crippen LogP contribution < -0.4 is 0 Å². The summed E-state index contributed by atoms with van der Waals surface area (Å²) in [5.74, 6) is 0. The molecule has 1 radical (unpaired) electrons. The Morgan fingerprint density at radius 2 is 0.667 bits per heavy atom. The van der Waals surface area contributed by atoms with Gasteiger partial charge in [-0.2, -0.15) is 0 Å². The molecular formula is C4H14WY. The fraction of sp³-hybridized carbons (Fsp3) is 0.500. The number of rotatable bonds is 0. The maximum Gasteiger partial charge on any atom is 2.00 e. The third-order valence-electron chi connectivity index (χ3n) is 0. The van der Waals surface area contributed by atoms with Gasteiger partial charge >= 0.3 is 21.1 Å². The van der Waals surface area contributed by atoms with E-state index in [-0.39, 0.29) is 83.5 Å². The summed E-state index contributed by atoms with van der Waals surface area (Å²) in [4.78, 5) is 0. The zero-order chi connectivity index (χ0) is 0. The second-order valence-corrected chi connectivity index (χ2v) is 0. The molecule has 39 valence electrons. The average molecular weight is 335 g/mol. The topological polar surface area (TPSA) is 0 Å². The second-order valence-electron chi connectivity index (χ2n) is 0.